The maximum absolute atomic E-state index is 12.5. The molecular formula is C26H33N6O15P2+. The lowest BCUT2D eigenvalue weighted by Crippen LogP contribution is -2.46. The van der Waals surface area contributed by atoms with Crippen LogP contribution in [-0.4, -0.2) is 107 Å². The van der Waals surface area contributed by atoms with Crippen LogP contribution < -0.4 is 25.4 Å². The van der Waals surface area contributed by atoms with Crippen molar-refractivity contribution in [2.75, 3.05) is 13.2 Å². The number of benzene rings is 1. The van der Waals surface area contributed by atoms with E-state index in [1.165, 1.54) is 35.3 Å². The standard InChI is InChI=1S/C26H32N6O15P2/c27-23(37)15-7-4-8-31(10-15)25-21(35)19(33)17(45-25)12-43-48(39,40)47-49(41,42)44-13-18-20(34)22(36)26(46-18)32-11-16(29-30-32)9-28-24(38)14-5-2-1-3-6-14/h1-8,10-11,17-22,25-26,33-36H,9,12-13H2,(H4-,27,28,37,38,39,40,41,42)/p+1/t17-,18+,19-,20+,21-,22+,25-,26+/m1/s1. The SMILES string of the molecule is NC(=O)c1ccc[n+]([C@@H]2O[C@H](CO[P+]([O-])(O)O[P+]([O-])(O)OC[C@@H]3O[C@H](n4cc(CNC(=O)c5ccccc5)nn4)[C@@H](O)[C@H]3O)[C@@H](O)[C@H]2O)c1. The van der Waals surface area contributed by atoms with Crippen LogP contribution in [0.3, 0.4) is 0 Å². The number of rotatable bonds is 14. The van der Waals surface area contributed by atoms with Gasteiger partial charge in [0, 0.05) is 15.9 Å². The molecule has 0 spiro atoms. The number of primary amides is 1. The van der Waals surface area contributed by atoms with Crippen LogP contribution >= 0.6 is 16.3 Å². The summed E-state index contributed by atoms with van der Waals surface area (Å²) in [5.41, 5.74) is 6.01. The molecule has 2 amide bonds. The summed E-state index contributed by atoms with van der Waals surface area (Å²) >= 11 is 0. The molecular weight excluding hydrogens is 698 g/mol. The van der Waals surface area contributed by atoms with Crippen molar-refractivity contribution >= 4 is 28.2 Å². The molecule has 266 valence electrons. The van der Waals surface area contributed by atoms with Gasteiger partial charge in [-0.1, -0.05) is 23.4 Å². The maximum Gasteiger partial charge on any atom is 0.434 e. The Morgan fingerprint density at radius 2 is 1.53 bits per heavy atom. The van der Waals surface area contributed by atoms with Gasteiger partial charge in [0.15, 0.2) is 24.7 Å². The van der Waals surface area contributed by atoms with Gasteiger partial charge in [0.05, 0.1) is 12.7 Å². The molecule has 2 aromatic heterocycles. The van der Waals surface area contributed by atoms with Crippen molar-refractivity contribution in [1.29, 1.82) is 0 Å². The summed E-state index contributed by atoms with van der Waals surface area (Å²) in [5, 5.41) is 52.0. The Labute approximate surface area is 278 Å². The third-order valence-electron chi connectivity index (χ3n) is 7.37. The number of nitrogens with zero attached hydrogens (tertiary/aromatic N) is 4. The Bertz CT molecular complexity index is 1600. The van der Waals surface area contributed by atoms with Crippen molar-refractivity contribution in [1.82, 2.24) is 20.3 Å². The average molecular weight is 732 g/mol. The van der Waals surface area contributed by atoms with Gasteiger partial charge >= 0.3 is 16.3 Å². The summed E-state index contributed by atoms with van der Waals surface area (Å²) in [4.78, 5) is 68.7. The van der Waals surface area contributed by atoms with E-state index in [0.29, 0.717) is 5.56 Å². The Balaban J connectivity index is 1.10. The number of phosphoric acid groups is 2. The fourth-order valence-electron chi connectivity index (χ4n) is 4.89. The molecule has 0 radical (unpaired) electrons. The van der Waals surface area contributed by atoms with Gasteiger partial charge in [0.25, 0.3) is 18.0 Å². The van der Waals surface area contributed by atoms with Crippen LogP contribution in [-0.2, 0) is 29.4 Å². The monoisotopic (exact) mass is 731 g/mol. The fourth-order valence-corrected chi connectivity index (χ4v) is 6.98. The first-order chi connectivity index (χ1) is 23.1. The quantitative estimate of drug-likeness (QED) is 0.0574. The van der Waals surface area contributed by atoms with E-state index in [1.807, 2.05) is 0 Å². The summed E-state index contributed by atoms with van der Waals surface area (Å²) in [6, 6.07) is 11.2. The molecule has 2 aliphatic heterocycles. The van der Waals surface area contributed by atoms with Crippen LogP contribution in [0.15, 0.2) is 61.1 Å². The van der Waals surface area contributed by atoms with Crippen LogP contribution in [0.2, 0.25) is 0 Å². The highest BCUT2D eigenvalue weighted by Crippen LogP contribution is 2.65. The number of aliphatic hydroxyl groups excluding tert-OH is 4. The van der Waals surface area contributed by atoms with Gasteiger partial charge in [-0.3, -0.25) is 9.59 Å². The Kier molecular flexibility index (Phi) is 11.6. The van der Waals surface area contributed by atoms with Crippen LogP contribution in [0.1, 0.15) is 38.9 Å². The van der Waals surface area contributed by atoms with Gasteiger partial charge in [-0.25, -0.2) is 4.68 Å². The van der Waals surface area contributed by atoms with Crippen molar-refractivity contribution in [3.05, 3.63) is 77.9 Å². The number of aromatic nitrogens is 4. The number of hydrogen-bond acceptors (Lipinski definition) is 17. The topological polar surface area (TPSA) is 320 Å². The molecule has 0 aliphatic carbocycles. The van der Waals surface area contributed by atoms with Gasteiger partial charge in [0.2, 0.25) is 0 Å². The first-order valence-electron chi connectivity index (χ1n) is 14.4. The highest BCUT2D eigenvalue weighted by molar-refractivity contribution is 7.66. The van der Waals surface area contributed by atoms with E-state index >= 15 is 0 Å². The molecule has 23 heteroatoms. The van der Waals surface area contributed by atoms with Crippen molar-refractivity contribution in [2.45, 2.75) is 55.6 Å². The highest BCUT2D eigenvalue weighted by Gasteiger charge is 2.53. The predicted molar refractivity (Wildman–Crippen MR) is 156 cm³/mol. The molecule has 2 aliphatic rings. The molecule has 2 saturated heterocycles. The van der Waals surface area contributed by atoms with E-state index in [2.05, 4.69) is 19.9 Å². The number of amides is 2. The van der Waals surface area contributed by atoms with Crippen molar-refractivity contribution in [2.24, 2.45) is 5.73 Å². The molecule has 3 aromatic rings. The number of nitrogens with two attached hydrogens (primary N) is 1. The summed E-state index contributed by atoms with van der Waals surface area (Å²) in [7, 11) is -10.8. The third kappa shape index (κ3) is 9.13. The summed E-state index contributed by atoms with van der Waals surface area (Å²) in [6.07, 6.45) is -8.09. The van der Waals surface area contributed by atoms with Crippen LogP contribution in [0.4, 0.5) is 0 Å². The van der Waals surface area contributed by atoms with Gasteiger partial charge < -0.3 is 50.7 Å². The molecule has 21 nitrogen and oxygen atoms in total. The zero-order chi connectivity index (χ0) is 35.5. The second-order valence-corrected chi connectivity index (χ2v) is 13.9. The smallest absolute Gasteiger partial charge is 0.434 e. The van der Waals surface area contributed by atoms with E-state index in [1.54, 1.807) is 30.3 Å². The van der Waals surface area contributed by atoms with E-state index in [9.17, 15) is 49.6 Å². The van der Waals surface area contributed by atoms with Gasteiger partial charge in [-0.15, -0.1) is 5.10 Å². The van der Waals surface area contributed by atoms with Gasteiger partial charge in [0.1, 0.15) is 55.0 Å². The fraction of sp³-hybridized carbons (Fsp3) is 0.423. The number of aliphatic hydroxyl groups is 4. The Hall–Kier alpha value is -3.21. The molecule has 1 aromatic carbocycles. The maximum atomic E-state index is 12.5. The second-order valence-electron chi connectivity index (χ2n) is 10.8. The first kappa shape index (κ1) is 37.1. The van der Waals surface area contributed by atoms with Crippen molar-refractivity contribution < 1.29 is 77.0 Å². The number of ether oxygens (including phenoxy) is 2. The van der Waals surface area contributed by atoms with Crippen LogP contribution in [0, 0.1) is 0 Å². The second kappa shape index (κ2) is 15.4. The van der Waals surface area contributed by atoms with Gasteiger partial charge in [-0.05, 0) is 18.2 Å². The lowest BCUT2D eigenvalue weighted by Gasteiger charge is -2.25. The molecule has 5 rings (SSSR count). The van der Waals surface area contributed by atoms with Crippen LogP contribution in [0.5, 0.6) is 0 Å². The largest absolute Gasteiger partial charge is 0.603 e. The zero-order valence-corrected chi connectivity index (χ0v) is 26.9. The number of nitrogens with one attached hydrogen (secondary N) is 1. The number of phosphoric ester groups is 2. The molecule has 10 atom stereocenters. The molecule has 2 unspecified atom stereocenters. The average Bonchev–Trinajstić information content (AvgIpc) is 3.74. The van der Waals surface area contributed by atoms with Crippen molar-refractivity contribution in [3.63, 3.8) is 0 Å². The lowest BCUT2D eigenvalue weighted by molar-refractivity contribution is -0.765. The minimum atomic E-state index is -5.39. The summed E-state index contributed by atoms with van der Waals surface area (Å²) in [6.45, 7) is -1.86. The number of hydrogen-bond donors (Lipinski definition) is 8. The Morgan fingerprint density at radius 3 is 2.18 bits per heavy atom. The number of carbonyl (C=O) groups is 2. The summed E-state index contributed by atoms with van der Waals surface area (Å²) < 4.78 is 27.0. The van der Waals surface area contributed by atoms with Crippen LogP contribution in [0.25, 0.3) is 0 Å². The third-order valence-corrected chi connectivity index (χ3v) is 9.97. The lowest BCUT2D eigenvalue weighted by atomic mass is 10.1. The van der Waals surface area contributed by atoms with Crippen molar-refractivity contribution in [3.8, 4) is 0 Å². The highest BCUT2D eigenvalue weighted by atomic mass is 31.3. The number of carbonyl (C=O) groups excluding carboxylic acids is 2. The minimum absolute atomic E-state index is 0.0310. The van der Waals surface area contributed by atoms with E-state index in [-0.39, 0.29) is 23.7 Å². The zero-order valence-electron chi connectivity index (χ0n) is 25.1. The van der Waals surface area contributed by atoms with E-state index in [4.69, 9.17) is 24.3 Å². The molecule has 4 heterocycles. The Morgan fingerprint density at radius 1 is 0.918 bits per heavy atom. The molecule has 49 heavy (non-hydrogen) atoms. The first-order valence-corrected chi connectivity index (χ1v) is 17.4. The molecule has 2 fully saturated rings. The predicted octanol–water partition coefficient (Wildman–Crippen LogP) is -4.36. The molecule has 0 bridgehead atoms. The summed E-state index contributed by atoms with van der Waals surface area (Å²) in [5.74, 6) is -1.14. The minimum Gasteiger partial charge on any atom is -0.603 e. The van der Waals surface area contributed by atoms with Gasteiger partial charge in [-0.2, -0.15) is 23.4 Å². The number of pyridine rings is 1. The van der Waals surface area contributed by atoms with E-state index in [0.717, 1.165) is 4.68 Å². The molecule has 9 N–H and O–H groups in total. The normalized spacial score (nSPS) is 29.3. The van der Waals surface area contributed by atoms with E-state index < -0.39 is 84.5 Å². The molecule has 0 saturated carbocycles.